The van der Waals surface area contributed by atoms with E-state index in [1.165, 1.54) is 0 Å². The van der Waals surface area contributed by atoms with Crippen LogP contribution in [0.4, 0.5) is 4.79 Å². The van der Waals surface area contributed by atoms with Crippen molar-refractivity contribution in [1.29, 1.82) is 0 Å². The zero-order valence-corrected chi connectivity index (χ0v) is 15.9. The van der Waals surface area contributed by atoms with Crippen molar-refractivity contribution < 1.29 is 23.8 Å². The lowest BCUT2D eigenvalue weighted by molar-refractivity contribution is -0.160. The van der Waals surface area contributed by atoms with E-state index in [2.05, 4.69) is 0 Å². The van der Waals surface area contributed by atoms with Gasteiger partial charge < -0.3 is 19.1 Å². The molecule has 6 heteroatoms. The van der Waals surface area contributed by atoms with Gasteiger partial charge in [0.25, 0.3) is 0 Å². The Labute approximate surface area is 155 Å². The van der Waals surface area contributed by atoms with Crippen molar-refractivity contribution in [3.8, 4) is 0 Å². The van der Waals surface area contributed by atoms with Crippen LogP contribution >= 0.6 is 0 Å². The molecule has 0 aliphatic carbocycles. The van der Waals surface area contributed by atoms with Crippen LogP contribution in [-0.4, -0.2) is 48.9 Å². The van der Waals surface area contributed by atoms with Crippen LogP contribution in [0.1, 0.15) is 39.2 Å². The zero-order valence-electron chi connectivity index (χ0n) is 15.9. The lowest BCUT2D eigenvalue weighted by atomic mass is 9.99. The molecule has 0 radical (unpaired) electrons. The zero-order chi connectivity index (χ0) is 19.0. The standard InChI is InChI=1S/C20H29NO5/c1-20(2,3)26-18(22)15-24-13-17-10-7-11-21(12-17)19(23)25-14-16-8-5-4-6-9-16/h4-6,8-9,17H,7,10-15H2,1-3H3. The second-order valence-corrected chi connectivity index (χ2v) is 7.60. The van der Waals surface area contributed by atoms with E-state index in [1.54, 1.807) is 4.90 Å². The Balaban J connectivity index is 1.69. The van der Waals surface area contributed by atoms with E-state index in [4.69, 9.17) is 14.2 Å². The van der Waals surface area contributed by atoms with Crippen LogP contribution in [0.25, 0.3) is 0 Å². The number of benzene rings is 1. The number of piperidine rings is 1. The Morgan fingerprint density at radius 2 is 1.92 bits per heavy atom. The molecule has 144 valence electrons. The maximum atomic E-state index is 12.2. The molecule has 1 aliphatic heterocycles. The molecule has 2 rings (SSSR count). The van der Waals surface area contributed by atoms with Gasteiger partial charge in [0, 0.05) is 19.0 Å². The second-order valence-electron chi connectivity index (χ2n) is 7.60. The Bertz CT molecular complexity index is 582. The van der Waals surface area contributed by atoms with Crippen molar-refractivity contribution in [2.24, 2.45) is 5.92 Å². The highest BCUT2D eigenvalue weighted by Gasteiger charge is 2.25. The Hall–Kier alpha value is -2.08. The quantitative estimate of drug-likeness (QED) is 0.725. The van der Waals surface area contributed by atoms with Gasteiger partial charge in [-0.2, -0.15) is 0 Å². The number of carbonyl (C=O) groups excluding carboxylic acids is 2. The molecule has 0 saturated carbocycles. The molecule has 0 spiro atoms. The molecule has 26 heavy (non-hydrogen) atoms. The van der Waals surface area contributed by atoms with Crippen molar-refractivity contribution in [3.63, 3.8) is 0 Å². The average molecular weight is 363 g/mol. The summed E-state index contributed by atoms with van der Waals surface area (Å²) < 4.78 is 16.1. The number of nitrogens with zero attached hydrogens (tertiary/aromatic N) is 1. The van der Waals surface area contributed by atoms with E-state index in [9.17, 15) is 9.59 Å². The highest BCUT2D eigenvalue weighted by atomic mass is 16.6. The molecule has 1 aromatic carbocycles. The second kappa shape index (κ2) is 9.57. The molecule has 1 atom stereocenters. The van der Waals surface area contributed by atoms with Gasteiger partial charge in [-0.1, -0.05) is 30.3 Å². The summed E-state index contributed by atoms with van der Waals surface area (Å²) in [6, 6.07) is 9.62. The number of carbonyl (C=O) groups is 2. The molecule has 1 saturated heterocycles. The van der Waals surface area contributed by atoms with Crippen LogP contribution in [0, 0.1) is 5.92 Å². The van der Waals surface area contributed by atoms with Gasteiger partial charge in [-0.05, 0) is 39.2 Å². The predicted molar refractivity (Wildman–Crippen MR) is 97.6 cm³/mol. The van der Waals surface area contributed by atoms with Gasteiger partial charge in [0.05, 0.1) is 6.61 Å². The van der Waals surface area contributed by atoms with Crippen LogP contribution in [-0.2, 0) is 25.6 Å². The summed E-state index contributed by atoms with van der Waals surface area (Å²) in [7, 11) is 0. The molecular weight excluding hydrogens is 334 g/mol. The first-order chi connectivity index (χ1) is 12.3. The molecular formula is C20H29NO5. The fourth-order valence-electron chi connectivity index (χ4n) is 2.86. The van der Waals surface area contributed by atoms with Gasteiger partial charge in [-0.15, -0.1) is 0 Å². The van der Waals surface area contributed by atoms with Crippen LogP contribution in [0.3, 0.4) is 0 Å². The van der Waals surface area contributed by atoms with Crippen LogP contribution < -0.4 is 0 Å². The molecule has 1 heterocycles. The lowest BCUT2D eigenvalue weighted by Crippen LogP contribution is -2.41. The van der Waals surface area contributed by atoms with E-state index >= 15 is 0 Å². The minimum atomic E-state index is -0.509. The molecule has 6 nitrogen and oxygen atoms in total. The maximum Gasteiger partial charge on any atom is 0.410 e. The van der Waals surface area contributed by atoms with Gasteiger partial charge in [-0.3, -0.25) is 0 Å². The Kier molecular flexibility index (Phi) is 7.45. The first-order valence-corrected chi connectivity index (χ1v) is 9.09. The third-order valence-corrected chi connectivity index (χ3v) is 3.98. The largest absolute Gasteiger partial charge is 0.458 e. The van der Waals surface area contributed by atoms with E-state index in [1.807, 2.05) is 51.1 Å². The summed E-state index contributed by atoms with van der Waals surface area (Å²) in [5.41, 5.74) is 0.458. The van der Waals surface area contributed by atoms with Crippen LogP contribution in [0.2, 0.25) is 0 Å². The number of rotatable bonds is 6. The number of hydrogen-bond donors (Lipinski definition) is 0. The number of ether oxygens (including phenoxy) is 3. The van der Waals surface area contributed by atoms with E-state index in [0.717, 1.165) is 18.4 Å². The highest BCUT2D eigenvalue weighted by Crippen LogP contribution is 2.18. The summed E-state index contributed by atoms with van der Waals surface area (Å²) in [5, 5.41) is 0. The van der Waals surface area contributed by atoms with Crippen LogP contribution in [0.15, 0.2) is 30.3 Å². The van der Waals surface area contributed by atoms with E-state index in [-0.39, 0.29) is 31.2 Å². The number of esters is 1. The minimum Gasteiger partial charge on any atom is -0.458 e. The Morgan fingerprint density at radius 3 is 2.62 bits per heavy atom. The molecule has 1 aromatic rings. The smallest absolute Gasteiger partial charge is 0.410 e. The van der Waals surface area contributed by atoms with Gasteiger partial charge >= 0.3 is 12.1 Å². The summed E-state index contributed by atoms with van der Waals surface area (Å²) >= 11 is 0. The molecule has 0 bridgehead atoms. The maximum absolute atomic E-state index is 12.2. The van der Waals surface area contributed by atoms with Gasteiger partial charge in [-0.25, -0.2) is 9.59 Å². The third-order valence-electron chi connectivity index (χ3n) is 3.98. The van der Waals surface area contributed by atoms with Gasteiger partial charge in [0.2, 0.25) is 0 Å². The topological polar surface area (TPSA) is 65.1 Å². The Morgan fingerprint density at radius 1 is 1.19 bits per heavy atom. The molecule has 1 amide bonds. The average Bonchev–Trinajstić information content (AvgIpc) is 2.59. The summed E-state index contributed by atoms with van der Waals surface area (Å²) in [6.07, 6.45) is 1.57. The third kappa shape index (κ3) is 7.44. The van der Waals surface area contributed by atoms with Gasteiger partial charge in [0.1, 0.15) is 18.8 Å². The molecule has 0 N–H and O–H groups in total. The molecule has 1 unspecified atom stereocenters. The van der Waals surface area contributed by atoms with Crippen molar-refractivity contribution in [2.75, 3.05) is 26.3 Å². The molecule has 1 aliphatic rings. The monoisotopic (exact) mass is 363 g/mol. The van der Waals surface area contributed by atoms with Gasteiger partial charge in [0.15, 0.2) is 0 Å². The van der Waals surface area contributed by atoms with Crippen molar-refractivity contribution in [1.82, 2.24) is 4.90 Å². The van der Waals surface area contributed by atoms with Crippen LogP contribution in [0.5, 0.6) is 0 Å². The normalized spacial score (nSPS) is 17.7. The minimum absolute atomic E-state index is 0.0633. The fourth-order valence-corrected chi connectivity index (χ4v) is 2.86. The first-order valence-electron chi connectivity index (χ1n) is 9.09. The summed E-state index contributed by atoms with van der Waals surface area (Å²) in [5.74, 6) is -0.164. The number of likely N-dealkylation sites (tertiary alicyclic amines) is 1. The predicted octanol–water partition coefficient (Wildman–Crippen LogP) is 3.39. The lowest BCUT2D eigenvalue weighted by Gasteiger charge is -2.31. The number of amides is 1. The van der Waals surface area contributed by atoms with E-state index in [0.29, 0.717) is 19.7 Å². The van der Waals surface area contributed by atoms with Crippen molar-refractivity contribution >= 4 is 12.1 Å². The van der Waals surface area contributed by atoms with Crippen molar-refractivity contribution in [2.45, 2.75) is 45.8 Å². The first kappa shape index (κ1) is 20.2. The summed E-state index contributed by atoms with van der Waals surface area (Å²) in [6.45, 7) is 7.39. The molecule has 1 fully saturated rings. The fraction of sp³-hybridized carbons (Fsp3) is 0.600. The van der Waals surface area contributed by atoms with Crippen molar-refractivity contribution in [3.05, 3.63) is 35.9 Å². The SMILES string of the molecule is CC(C)(C)OC(=O)COCC1CCCN(C(=O)OCc2ccccc2)C1. The highest BCUT2D eigenvalue weighted by molar-refractivity contribution is 5.71. The van der Waals surface area contributed by atoms with E-state index < -0.39 is 5.60 Å². The molecule has 0 aromatic heterocycles. The summed E-state index contributed by atoms with van der Waals surface area (Å²) in [4.78, 5) is 25.6. The number of hydrogen-bond acceptors (Lipinski definition) is 5.